The van der Waals surface area contributed by atoms with Crippen LogP contribution in [0.25, 0.3) is 15.8 Å². The molecule has 1 aromatic heterocycles. The topological polar surface area (TPSA) is 86.1 Å². The van der Waals surface area contributed by atoms with Crippen molar-refractivity contribution >= 4 is 38.4 Å². The van der Waals surface area contributed by atoms with Crippen molar-refractivity contribution in [3.05, 3.63) is 88.1 Å². The molecule has 0 radical (unpaired) electrons. The van der Waals surface area contributed by atoms with Gasteiger partial charge < -0.3 is 15.0 Å². The molecular formula is C23H21N4O2S-. The summed E-state index contributed by atoms with van der Waals surface area (Å²) >= 11 is 0. The third kappa shape index (κ3) is 4.26. The quantitative estimate of drug-likeness (QED) is 0.451. The number of rotatable bonds is 5. The molecule has 152 valence electrons. The van der Waals surface area contributed by atoms with Crippen LogP contribution in [-0.4, -0.2) is 18.4 Å². The van der Waals surface area contributed by atoms with Gasteiger partial charge in [0.15, 0.2) is 0 Å². The van der Waals surface area contributed by atoms with Crippen molar-refractivity contribution in [1.82, 2.24) is 9.97 Å². The number of sulfonamides is 1. The Morgan fingerprint density at radius 1 is 0.767 bits per heavy atom. The first kappa shape index (κ1) is 19.8. The van der Waals surface area contributed by atoms with Crippen LogP contribution in [0, 0.1) is 20.8 Å². The molecule has 0 atom stereocenters. The fourth-order valence-corrected chi connectivity index (χ4v) is 4.31. The van der Waals surface area contributed by atoms with Crippen LogP contribution in [0.3, 0.4) is 0 Å². The molecule has 6 nitrogen and oxygen atoms in total. The van der Waals surface area contributed by atoms with Gasteiger partial charge >= 0.3 is 0 Å². The van der Waals surface area contributed by atoms with Crippen molar-refractivity contribution in [2.45, 2.75) is 25.7 Å². The molecule has 4 aromatic rings. The SMILES string of the molecule is Cc1cc(C)cc(Nc2nc3ccccc3nc2[N-]S(=O)(=O)c2cccc(C)c2)c1. The largest absolute Gasteiger partial charge is 0.431 e. The maximum absolute atomic E-state index is 12.9. The Hall–Kier alpha value is -3.45. The molecule has 4 rings (SSSR count). The minimum absolute atomic E-state index is 0.0226. The predicted octanol–water partition coefficient (Wildman–Crippen LogP) is 5.69. The second kappa shape index (κ2) is 7.76. The van der Waals surface area contributed by atoms with Gasteiger partial charge in [0.25, 0.3) is 0 Å². The average Bonchev–Trinajstić information content (AvgIpc) is 2.67. The number of para-hydroxylation sites is 2. The van der Waals surface area contributed by atoms with Crippen LogP contribution in [0.4, 0.5) is 17.3 Å². The number of hydrogen-bond acceptors (Lipinski definition) is 5. The van der Waals surface area contributed by atoms with Gasteiger partial charge in [-0.2, -0.15) is 0 Å². The molecule has 0 aliphatic rings. The van der Waals surface area contributed by atoms with E-state index >= 15 is 0 Å². The minimum atomic E-state index is -3.95. The maximum atomic E-state index is 12.9. The highest BCUT2D eigenvalue weighted by molar-refractivity contribution is 7.94. The van der Waals surface area contributed by atoms with E-state index in [2.05, 4.69) is 26.1 Å². The first-order chi connectivity index (χ1) is 14.3. The van der Waals surface area contributed by atoms with Gasteiger partial charge in [-0.1, -0.05) is 36.4 Å². The molecule has 0 fully saturated rings. The van der Waals surface area contributed by atoms with E-state index in [0.29, 0.717) is 11.0 Å². The number of fused-ring (bicyclic) bond motifs is 1. The summed E-state index contributed by atoms with van der Waals surface area (Å²) in [6.07, 6.45) is 0. The number of aromatic nitrogens is 2. The molecule has 0 saturated heterocycles. The predicted molar refractivity (Wildman–Crippen MR) is 120 cm³/mol. The Morgan fingerprint density at radius 2 is 1.43 bits per heavy atom. The van der Waals surface area contributed by atoms with Crippen molar-refractivity contribution in [3.8, 4) is 0 Å². The first-order valence-corrected chi connectivity index (χ1v) is 10.9. The molecule has 0 spiro atoms. The summed E-state index contributed by atoms with van der Waals surface area (Å²) in [4.78, 5) is 9.19. The Balaban J connectivity index is 1.80. The van der Waals surface area contributed by atoms with Crippen molar-refractivity contribution in [2.75, 3.05) is 5.32 Å². The summed E-state index contributed by atoms with van der Waals surface area (Å²) in [5, 5.41) is 3.20. The van der Waals surface area contributed by atoms with E-state index in [1.54, 1.807) is 18.2 Å². The van der Waals surface area contributed by atoms with E-state index in [4.69, 9.17) is 0 Å². The highest BCUT2D eigenvalue weighted by atomic mass is 32.2. The van der Waals surface area contributed by atoms with E-state index < -0.39 is 10.0 Å². The molecule has 0 saturated carbocycles. The normalized spacial score (nSPS) is 11.4. The summed E-state index contributed by atoms with van der Waals surface area (Å²) in [6, 6.07) is 19.9. The van der Waals surface area contributed by atoms with Crippen LogP contribution in [0.1, 0.15) is 16.7 Å². The van der Waals surface area contributed by atoms with Gasteiger partial charge in [-0.15, -0.1) is 0 Å². The Bertz CT molecular complexity index is 1330. The average molecular weight is 418 g/mol. The van der Waals surface area contributed by atoms with Gasteiger partial charge in [0.1, 0.15) is 5.82 Å². The van der Waals surface area contributed by atoms with Crippen molar-refractivity contribution in [3.63, 3.8) is 0 Å². The lowest BCUT2D eigenvalue weighted by molar-refractivity contribution is 0.603. The fourth-order valence-electron chi connectivity index (χ4n) is 3.26. The van der Waals surface area contributed by atoms with Crippen molar-refractivity contribution in [1.29, 1.82) is 0 Å². The molecule has 1 N–H and O–H groups in total. The third-order valence-electron chi connectivity index (χ3n) is 4.53. The van der Waals surface area contributed by atoms with Crippen LogP contribution >= 0.6 is 0 Å². The lowest BCUT2D eigenvalue weighted by Gasteiger charge is -2.21. The zero-order valence-electron chi connectivity index (χ0n) is 16.9. The van der Waals surface area contributed by atoms with Crippen LogP contribution in [0.15, 0.2) is 71.6 Å². The molecule has 0 bridgehead atoms. The van der Waals surface area contributed by atoms with E-state index in [-0.39, 0.29) is 16.5 Å². The molecule has 0 unspecified atom stereocenters. The highest BCUT2D eigenvalue weighted by Gasteiger charge is 2.13. The summed E-state index contributed by atoms with van der Waals surface area (Å²) in [5.41, 5.74) is 5.01. The second-order valence-corrected chi connectivity index (χ2v) is 8.87. The van der Waals surface area contributed by atoms with Crippen LogP contribution in [-0.2, 0) is 10.0 Å². The smallest absolute Gasteiger partial charge is 0.202 e. The molecule has 3 aromatic carbocycles. The van der Waals surface area contributed by atoms with Gasteiger partial charge in [-0.3, -0.25) is 0 Å². The molecule has 7 heteroatoms. The van der Waals surface area contributed by atoms with Crippen LogP contribution in [0.2, 0.25) is 0 Å². The number of anilines is 2. The van der Waals surface area contributed by atoms with Gasteiger partial charge in [-0.25, -0.2) is 13.4 Å². The van der Waals surface area contributed by atoms with Crippen LogP contribution < -0.4 is 5.32 Å². The van der Waals surface area contributed by atoms with Crippen LogP contribution in [0.5, 0.6) is 0 Å². The second-order valence-electron chi connectivity index (χ2n) is 7.27. The van der Waals surface area contributed by atoms with Crippen molar-refractivity contribution < 1.29 is 8.42 Å². The zero-order chi connectivity index (χ0) is 21.3. The molecule has 1 heterocycles. The molecule has 0 amide bonds. The monoisotopic (exact) mass is 417 g/mol. The number of aryl methyl sites for hydroxylation is 3. The van der Waals surface area contributed by atoms with E-state index in [1.165, 1.54) is 6.07 Å². The fraction of sp³-hybridized carbons (Fsp3) is 0.130. The van der Waals surface area contributed by atoms with Gasteiger partial charge in [-0.05, 0) is 79.1 Å². The Labute approximate surface area is 176 Å². The summed E-state index contributed by atoms with van der Waals surface area (Å²) in [6.45, 7) is 5.83. The number of nitrogens with zero attached hydrogens (tertiary/aromatic N) is 3. The Kier molecular flexibility index (Phi) is 5.13. The van der Waals surface area contributed by atoms with Gasteiger partial charge in [0, 0.05) is 5.69 Å². The molecule has 0 aliphatic heterocycles. The Morgan fingerprint density at radius 3 is 2.10 bits per heavy atom. The summed E-state index contributed by atoms with van der Waals surface area (Å²) < 4.78 is 29.9. The lowest BCUT2D eigenvalue weighted by Crippen LogP contribution is -2.03. The molecular weight excluding hydrogens is 396 g/mol. The third-order valence-corrected chi connectivity index (χ3v) is 5.79. The minimum Gasteiger partial charge on any atom is -0.431 e. The van der Waals surface area contributed by atoms with Crippen molar-refractivity contribution in [2.24, 2.45) is 0 Å². The van der Waals surface area contributed by atoms with E-state index in [0.717, 1.165) is 22.4 Å². The highest BCUT2D eigenvalue weighted by Crippen LogP contribution is 2.35. The summed E-state index contributed by atoms with van der Waals surface area (Å²) in [5.74, 6) is 0.310. The zero-order valence-corrected chi connectivity index (χ0v) is 17.7. The number of hydrogen-bond donors (Lipinski definition) is 1. The summed E-state index contributed by atoms with van der Waals surface area (Å²) in [7, 11) is -3.95. The standard InChI is InChI=1S/C23H21N4O2S/c1-15-7-6-8-19(14-15)30(28,29)27-23-22(24-18-12-16(2)11-17(3)13-18)25-20-9-4-5-10-21(20)26-23/h4-14H,1-3H3,(H-,24,25,26,27)/q-1. The van der Waals surface area contributed by atoms with Gasteiger partial charge in [0.05, 0.1) is 10.4 Å². The molecule has 30 heavy (non-hydrogen) atoms. The maximum Gasteiger partial charge on any atom is 0.202 e. The lowest BCUT2D eigenvalue weighted by atomic mass is 10.1. The van der Waals surface area contributed by atoms with E-state index in [9.17, 15) is 8.42 Å². The number of benzene rings is 3. The first-order valence-electron chi connectivity index (χ1n) is 9.47. The molecule has 0 aliphatic carbocycles. The van der Waals surface area contributed by atoms with E-state index in [1.807, 2.05) is 57.2 Å². The number of nitrogens with one attached hydrogen (secondary N) is 1. The van der Waals surface area contributed by atoms with Gasteiger partial charge in [0.2, 0.25) is 10.0 Å².